The zero-order valence-corrected chi connectivity index (χ0v) is 16.4. The maximum Gasteiger partial charge on any atom is 0.149 e. The first kappa shape index (κ1) is 18.6. The zero-order valence-electron chi connectivity index (χ0n) is 16.4. The predicted molar refractivity (Wildman–Crippen MR) is 108 cm³/mol. The van der Waals surface area contributed by atoms with E-state index in [0.29, 0.717) is 13.0 Å². The quantitative estimate of drug-likeness (QED) is 0.722. The van der Waals surface area contributed by atoms with E-state index < -0.39 is 5.60 Å². The molecule has 1 saturated heterocycles. The highest BCUT2D eigenvalue weighted by atomic mass is 16.7. The summed E-state index contributed by atoms with van der Waals surface area (Å²) in [5, 5.41) is 1.11. The number of carbonyl (C=O) groups is 1. The molecule has 3 aromatic rings. The van der Waals surface area contributed by atoms with Crippen molar-refractivity contribution in [3.8, 4) is 5.75 Å². The molecule has 4 rings (SSSR count). The Balaban J connectivity index is 1.48. The first-order chi connectivity index (χ1) is 13.4. The van der Waals surface area contributed by atoms with Crippen molar-refractivity contribution in [3.63, 3.8) is 0 Å². The zero-order chi connectivity index (χ0) is 19.7. The van der Waals surface area contributed by atoms with Gasteiger partial charge in [0.1, 0.15) is 23.7 Å². The van der Waals surface area contributed by atoms with E-state index in [1.807, 2.05) is 56.3 Å². The highest BCUT2D eigenvalue weighted by Crippen LogP contribution is 2.35. The summed E-state index contributed by atoms with van der Waals surface area (Å²) in [5.41, 5.74) is 6.41. The van der Waals surface area contributed by atoms with Gasteiger partial charge in [0.2, 0.25) is 0 Å². The van der Waals surface area contributed by atoms with Crippen molar-refractivity contribution in [2.45, 2.75) is 45.4 Å². The van der Waals surface area contributed by atoms with E-state index >= 15 is 0 Å². The standard InChI is InChI=1S/C23H24N2O3/c1-15-12-17(20-6-4-5-7-21(20)24-15)14-27-19-10-8-18(9-11-19)23(3)13-22(16(2)26)25-28-23/h4-12,22,25H,13-14H2,1-3H3. The fourth-order valence-electron chi connectivity index (χ4n) is 3.66. The molecule has 0 bridgehead atoms. The van der Waals surface area contributed by atoms with Crippen LogP contribution >= 0.6 is 0 Å². The van der Waals surface area contributed by atoms with Crippen LogP contribution in [-0.2, 0) is 21.8 Å². The number of ketones is 1. The second kappa shape index (κ2) is 7.34. The van der Waals surface area contributed by atoms with Gasteiger partial charge in [0, 0.05) is 23.1 Å². The Kier molecular flexibility index (Phi) is 4.87. The van der Waals surface area contributed by atoms with Crippen LogP contribution in [0.4, 0.5) is 0 Å². The van der Waals surface area contributed by atoms with E-state index in [4.69, 9.17) is 9.57 Å². The maximum absolute atomic E-state index is 11.6. The third kappa shape index (κ3) is 3.63. The van der Waals surface area contributed by atoms with Crippen LogP contribution in [0.3, 0.4) is 0 Å². The average Bonchev–Trinajstić information content (AvgIpc) is 3.10. The van der Waals surface area contributed by atoms with Crippen molar-refractivity contribution >= 4 is 16.7 Å². The van der Waals surface area contributed by atoms with Gasteiger partial charge in [-0.25, -0.2) is 0 Å². The molecule has 2 atom stereocenters. The number of hydrogen-bond acceptors (Lipinski definition) is 5. The minimum Gasteiger partial charge on any atom is -0.489 e. The van der Waals surface area contributed by atoms with Gasteiger partial charge in [0.05, 0.1) is 11.6 Å². The molecule has 5 nitrogen and oxygen atoms in total. The topological polar surface area (TPSA) is 60.5 Å². The molecule has 1 aromatic heterocycles. The number of benzene rings is 2. The lowest BCUT2D eigenvalue weighted by Crippen LogP contribution is -2.27. The number of aromatic nitrogens is 1. The van der Waals surface area contributed by atoms with Crippen molar-refractivity contribution in [2.24, 2.45) is 0 Å². The number of aryl methyl sites for hydroxylation is 1. The molecule has 1 aliphatic heterocycles. The van der Waals surface area contributed by atoms with Gasteiger partial charge in [-0.2, -0.15) is 5.48 Å². The third-order valence-corrected chi connectivity index (χ3v) is 5.30. The Morgan fingerprint density at radius 3 is 2.71 bits per heavy atom. The molecule has 1 aliphatic rings. The molecule has 2 unspecified atom stereocenters. The molecule has 0 saturated carbocycles. The van der Waals surface area contributed by atoms with Crippen LogP contribution in [-0.4, -0.2) is 16.8 Å². The smallest absolute Gasteiger partial charge is 0.149 e. The van der Waals surface area contributed by atoms with Crippen LogP contribution < -0.4 is 10.2 Å². The highest BCUT2D eigenvalue weighted by molar-refractivity contribution is 5.82. The molecular weight excluding hydrogens is 352 g/mol. The van der Waals surface area contributed by atoms with E-state index in [1.54, 1.807) is 6.92 Å². The van der Waals surface area contributed by atoms with Crippen molar-refractivity contribution < 1.29 is 14.4 Å². The van der Waals surface area contributed by atoms with E-state index in [-0.39, 0.29) is 11.8 Å². The molecule has 28 heavy (non-hydrogen) atoms. The molecule has 0 spiro atoms. The Hall–Kier alpha value is -2.76. The number of carbonyl (C=O) groups excluding carboxylic acids is 1. The fraction of sp³-hybridized carbons (Fsp3) is 0.304. The van der Waals surface area contributed by atoms with Gasteiger partial charge in [-0.3, -0.25) is 14.6 Å². The number of hydrogen-bond donors (Lipinski definition) is 1. The number of fused-ring (bicyclic) bond motifs is 1. The van der Waals surface area contributed by atoms with Gasteiger partial charge in [0.15, 0.2) is 0 Å². The minimum absolute atomic E-state index is 0.0866. The summed E-state index contributed by atoms with van der Waals surface area (Å²) in [6.45, 7) is 6.04. The summed E-state index contributed by atoms with van der Waals surface area (Å²) >= 11 is 0. The summed E-state index contributed by atoms with van der Waals surface area (Å²) in [4.78, 5) is 21.9. The van der Waals surface area contributed by atoms with Crippen molar-refractivity contribution in [1.29, 1.82) is 0 Å². The monoisotopic (exact) mass is 376 g/mol. The van der Waals surface area contributed by atoms with Crippen molar-refractivity contribution in [3.05, 3.63) is 71.4 Å². The lowest BCUT2D eigenvalue weighted by molar-refractivity contribution is -0.120. The van der Waals surface area contributed by atoms with Gasteiger partial charge in [-0.1, -0.05) is 30.3 Å². The second-order valence-electron chi connectivity index (χ2n) is 7.57. The van der Waals surface area contributed by atoms with Crippen LogP contribution in [0.25, 0.3) is 10.9 Å². The van der Waals surface area contributed by atoms with Crippen LogP contribution in [0.2, 0.25) is 0 Å². The first-order valence-electron chi connectivity index (χ1n) is 9.47. The predicted octanol–water partition coefficient (Wildman–Crippen LogP) is 4.22. The molecule has 144 valence electrons. The Morgan fingerprint density at radius 1 is 1.25 bits per heavy atom. The summed E-state index contributed by atoms with van der Waals surface area (Å²) in [6, 6.07) is 17.8. The number of hydroxylamine groups is 1. The largest absolute Gasteiger partial charge is 0.489 e. The molecule has 2 aromatic carbocycles. The van der Waals surface area contributed by atoms with Gasteiger partial charge in [-0.05, 0) is 50.6 Å². The normalized spacial score (nSPS) is 21.8. The molecule has 1 N–H and O–H groups in total. The van der Waals surface area contributed by atoms with Crippen LogP contribution in [0, 0.1) is 6.92 Å². The van der Waals surface area contributed by atoms with Crippen LogP contribution in [0.1, 0.15) is 37.1 Å². The minimum atomic E-state index is -0.521. The van der Waals surface area contributed by atoms with Gasteiger partial charge in [-0.15, -0.1) is 0 Å². The number of pyridine rings is 1. The maximum atomic E-state index is 11.6. The molecule has 1 fully saturated rings. The Bertz CT molecular complexity index is 1020. The molecule has 5 heteroatoms. The van der Waals surface area contributed by atoms with Gasteiger partial charge >= 0.3 is 0 Å². The number of nitrogens with zero attached hydrogens (tertiary/aromatic N) is 1. The Morgan fingerprint density at radius 2 is 2.00 bits per heavy atom. The molecule has 0 aliphatic carbocycles. The second-order valence-corrected chi connectivity index (χ2v) is 7.57. The van der Waals surface area contributed by atoms with E-state index in [9.17, 15) is 4.79 Å². The molecule has 0 radical (unpaired) electrons. The molecule has 0 amide bonds. The summed E-state index contributed by atoms with van der Waals surface area (Å²) < 4.78 is 6.03. The van der Waals surface area contributed by atoms with Crippen molar-refractivity contribution in [1.82, 2.24) is 10.5 Å². The van der Waals surface area contributed by atoms with E-state index in [1.165, 1.54) is 0 Å². The van der Waals surface area contributed by atoms with Crippen LogP contribution in [0.5, 0.6) is 5.75 Å². The number of ether oxygens (including phenoxy) is 1. The molecule has 2 heterocycles. The van der Waals surface area contributed by atoms with Gasteiger partial charge in [0.25, 0.3) is 0 Å². The Labute approximate surface area is 164 Å². The van der Waals surface area contributed by atoms with Gasteiger partial charge < -0.3 is 4.74 Å². The lowest BCUT2D eigenvalue weighted by Gasteiger charge is -2.22. The van der Waals surface area contributed by atoms with Crippen molar-refractivity contribution in [2.75, 3.05) is 0 Å². The number of nitrogens with one attached hydrogen (secondary N) is 1. The number of Topliss-reactive ketones (excluding diaryl/α,β-unsaturated/α-hetero) is 1. The third-order valence-electron chi connectivity index (χ3n) is 5.30. The first-order valence-corrected chi connectivity index (χ1v) is 9.47. The lowest BCUT2D eigenvalue weighted by atomic mass is 9.89. The van der Waals surface area contributed by atoms with E-state index in [2.05, 4.69) is 22.6 Å². The SMILES string of the molecule is CC(=O)C1CC(C)(c2ccc(OCc3cc(C)nc4ccccc34)cc2)ON1. The summed E-state index contributed by atoms with van der Waals surface area (Å²) in [5.74, 6) is 0.878. The molecular formula is C23H24N2O3. The highest BCUT2D eigenvalue weighted by Gasteiger charge is 2.39. The fourth-order valence-corrected chi connectivity index (χ4v) is 3.66. The van der Waals surface area contributed by atoms with Crippen LogP contribution in [0.15, 0.2) is 54.6 Å². The summed E-state index contributed by atoms with van der Waals surface area (Å²) in [6.07, 6.45) is 0.616. The van der Waals surface area contributed by atoms with E-state index in [0.717, 1.165) is 33.5 Å². The summed E-state index contributed by atoms with van der Waals surface area (Å²) in [7, 11) is 0. The number of para-hydroxylation sites is 1. The average molecular weight is 376 g/mol. The number of rotatable bonds is 5.